The van der Waals surface area contributed by atoms with Crippen molar-refractivity contribution in [1.29, 1.82) is 0 Å². The van der Waals surface area contributed by atoms with Crippen molar-refractivity contribution in [3.05, 3.63) is 51.2 Å². The Morgan fingerprint density at radius 2 is 1.85 bits per heavy atom. The van der Waals surface area contributed by atoms with Gasteiger partial charge in [0, 0.05) is 15.9 Å². The summed E-state index contributed by atoms with van der Waals surface area (Å²) in [5.41, 5.74) is 3.57. The van der Waals surface area contributed by atoms with Gasteiger partial charge >= 0.3 is 5.97 Å². The van der Waals surface area contributed by atoms with E-state index in [1.165, 1.54) is 11.3 Å². The number of anilines is 1. The van der Waals surface area contributed by atoms with Crippen LogP contribution in [0.25, 0.3) is 0 Å². The molecule has 138 valence electrons. The van der Waals surface area contributed by atoms with Crippen LogP contribution in [0.3, 0.4) is 0 Å². The Morgan fingerprint density at radius 1 is 1.12 bits per heavy atom. The number of fused-ring (bicyclic) bond motifs is 1. The van der Waals surface area contributed by atoms with Gasteiger partial charge in [-0.15, -0.1) is 11.3 Å². The van der Waals surface area contributed by atoms with Gasteiger partial charge < -0.3 is 10.1 Å². The first kappa shape index (κ1) is 18.6. The molecule has 0 saturated heterocycles. The first-order valence-electron chi connectivity index (χ1n) is 9.17. The molecule has 3 rings (SSSR count). The minimum Gasteiger partial charge on any atom is -0.449 e. The Labute approximate surface area is 158 Å². The van der Waals surface area contributed by atoms with Gasteiger partial charge in [-0.1, -0.05) is 32.0 Å². The number of benzene rings is 1. The average molecular weight is 372 g/mol. The van der Waals surface area contributed by atoms with Crippen molar-refractivity contribution < 1.29 is 14.3 Å². The van der Waals surface area contributed by atoms with E-state index in [1.807, 2.05) is 29.6 Å². The molecule has 1 atom stereocenters. The Kier molecular flexibility index (Phi) is 5.77. The fraction of sp³-hybridized carbons (Fsp3) is 0.429. The van der Waals surface area contributed by atoms with Gasteiger partial charge in [-0.2, -0.15) is 0 Å². The highest BCUT2D eigenvalue weighted by molar-refractivity contribution is 7.10. The highest BCUT2D eigenvalue weighted by atomic mass is 32.1. The van der Waals surface area contributed by atoms with Crippen molar-refractivity contribution in [2.24, 2.45) is 0 Å². The molecule has 1 aromatic carbocycles. The number of nitrogens with one attached hydrogen (secondary N) is 1. The summed E-state index contributed by atoms with van der Waals surface area (Å²) in [4.78, 5) is 26.3. The van der Waals surface area contributed by atoms with E-state index < -0.39 is 12.1 Å². The van der Waals surface area contributed by atoms with Crippen LogP contribution in [0.5, 0.6) is 0 Å². The maximum Gasteiger partial charge on any atom is 0.340 e. The summed E-state index contributed by atoms with van der Waals surface area (Å²) >= 11 is 1.62. The molecule has 2 aromatic rings. The van der Waals surface area contributed by atoms with Gasteiger partial charge in [0.25, 0.3) is 5.91 Å². The lowest BCUT2D eigenvalue weighted by molar-refractivity contribution is -0.123. The summed E-state index contributed by atoms with van der Waals surface area (Å²) in [5, 5.41) is 4.76. The van der Waals surface area contributed by atoms with Crippen LogP contribution in [-0.4, -0.2) is 18.0 Å². The van der Waals surface area contributed by atoms with Gasteiger partial charge in [0.15, 0.2) is 6.10 Å². The largest absolute Gasteiger partial charge is 0.449 e. The van der Waals surface area contributed by atoms with E-state index >= 15 is 0 Å². The molecule has 1 aliphatic carbocycles. The van der Waals surface area contributed by atoms with Gasteiger partial charge in [0.2, 0.25) is 0 Å². The topological polar surface area (TPSA) is 55.4 Å². The second-order valence-corrected chi connectivity index (χ2v) is 8.00. The lowest BCUT2D eigenvalue weighted by Gasteiger charge is -2.17. The molecular formula is C21H25NO3S. The number of esters is 1. The van der Waals surface area contributed by atoms with Gasteiger partial charge in [0.05, 0.1) is 5.56 Å². The zero-order valence-corrected chi connectivity index (χ0v) is 16.3. The second kappa shape index (κ2) is 8.04. The molecule has 1 aromatic heterocycles. The molecule has 1 aliphatic rings. The van der Waals surface area contributed by atoms with Crippen LogP contribution in [-0.2, 0) is 22.4 Å². The van der Waals surface area contributed by atoms with E-state index in [9.17, 15) is 9.59 Å². The normalized spacial score (nSPS) is 14.6. The van der Waals surface area contributed by atoms with Crippen LogP contribution in [0.4, 0.5) is 5.69 Å². The highest BCUT2D eigenvalue weighted by Crippen LogP contribution is 2.31. The summed E-state index contributed by atoms with van der Waals surface area (Å²) < 4.78 is 5.45. The molecule has 4 nitrogen and oxygen atoms in total. The molecule has 1 N–H and O–H groups in total. The van der Waals surface area contributed by atoms with Crippen LogP contribution in [0.2, 0.25) is 0 Å². The number of thiophene rings is 1. The first-order chi connectivity index (χ1) is 12.5. The lowest BCUT2D eigenvalue weighted by Crippen LogP contribution is -2.30. The fourth-order valence-electron chi connectivity index (χ4n) is 3.29. The number of hydrogen-bond acceptors (Lipinski definition) is 4. The molecule has 1 amide bonds. The zero-order valence-electron chi connectivity index (χ0n) is 15.5. The molecule has 0 spiro atoms. The van der Waals surface area contributed by atoms with Crippen molar-refractivity contribution in [2.45, 2.75) is 58.5 Å². The zero-order chi connectivity index (χ0) is 18.7. The molecule has 0 fully saturated rings. The minimum absolute atomic E-state index is 0.293. The Hall–Kier alpha value is -2.14. The summed E-state index contributed by atoms with van der Waals surface area (Å²) in [6.45, 7) is 5.77. The quantitative estimate of drug-likeness (QED) is 0.758. The van der Waals surface area contributed by atoms with E-state index in [0.717, 1.165) is 36.1 Å². The number of hydrogen-bond donors (Lipinski definition) is 1. The Balaban J connectivity index is 1.66. The maximum atomic E-state index is 12.5. The van der Waals surface area contributed by atoms with E-state index in [1.54, 1.807) is 18.3 Å². The molecule has 0 bridgehead atoms. The highest BCUT2D eigenvalue weighted by Gasteiger charge is 2.25. The average Bonchev–Trinajstić information content (AvgIpc) is 3.06. The number of ether oxygens (including phenoxy) is 1. The van der Waals surface area contributed by atoms with E-state index in [2.05, 4.69) is 19.2 Å². The van der Waals surface area contributed by atoms with Gasteiger partial charge in [0.1, 0.15) is 0 Å². The van der Waals surface area contributed by atoms with Gasteiger partial charge in [-0.3, -0.25) is 4.79 Å². The fourth-order valence-corrected chi connectivity index (χ4v) is 4.41. The molecule has 1 heterocycles. The number of rotatable bonds is 5. The third-order valence-corrected chi connectivity index (χ3v) is 5.86. The van der Waals surface area contributed by atoms with Crippen molar-refractivity contribution in [3.8, 4) is 0 Å². The summed E-state index contributed by atoms with van der Waals surface area (Å²) in [5.74, 6) is -0.415. The first-order valence-corrected chi connectivity index (χ1v) is 10.1. The summed E-state index contributed by atoms with van der Waals surface area (Å²) in [6.07, 6.45) is 3.39. The van der Waals surface area contributed by atoms with E-state index in [0.29, 0.717) is 11.5 Å². The van der Waals surface area contributed by atoms with Crippen LogP contribution in [0.1, 0.15) is 65.9 Å². The molecule has 0 saturated carbocycles. The van der Waals surface area contributed by atoms with Crippen LogP contribution < -0.4 is 5.32 Å². The molecule has 0 unspecified atom stereocenters. The van der Waals surface area contributed by atoms with E-state index in [-0.39, 0.29) is 5.91 Å². The Morgan fingerprint density at radius 3 is 2.62 bits per heavy atom. The standard InChI is InChI=1S/C21H25NO3S/c1-13(2)15-8-4-6-10-18(15)22-20(23)14(3)25-21(24)17-12-26-19-11-7-5-9-16(17)19/h4,6,8,10,12-14H,5,7,9,11H2,1-3H3,(H,22,23)/t14-/m0/s1. The summed E-state index contributed by atoms with van der Waals surface area (Å²) in [6, 6.07) is 7.70. The van der Waals surface area contributed by atoms with Crippen LogP contribution >= 0.6 is 11.3 Å². The number of amides is 1. The molecule has 5 heteroatoms. The monoisotopic (exact) mass is 371 g/mol. The molecule has 0 radical (unpaired) electrons. The maximum absolute atomic E-state index is 12.5. The number of para-hydroxylation sites is 1. The number of carbonyl (C=O) groups is 2. The predicted molar refractivity (Wildman–Crippen MR) is 105 cm³/mol. The SMILES string of the molecule is CC(C)c1ccccc1NC(=O)[C@H](C)OC(=O)c1csc2c1CCCC2. The van der Waals surface area contributed by atoms with Crippen molar-refractivity contribution in [1.82, 2.24) is 0 Å². The lowest BCUT2D eigenvalue weighted by atomic mass is 9.96. The van der Waals surface area contributed by atoms with E-state index in [4.69, 9.17) is 4.74 Å². The molecule has 0 aliphatic heterocycles. The van der Waals surface area contributed by atoms with Crippen molar-refractivity contribution >= 4 is 28.9 Å². The summed E-state index contributed by atoms with van der Waals surface area (Å²) in [7, 11) is 0. The molecular weight excluding hydrogens is 346 g/mol. The van der Waals surface area contributed by atoms with Crippen molar-refractivity contribution in [2.75, 3.05) is 5.32 Å². The molecule has 26 heavy (non-hydrogen) atoms. The predicted octanol–water partition coefficient (Wildman–Crippen LogP) is 4.93. The third-order valence-electron chi connectivity index (χ3n) is 4.77. The van der Waals surface area contributed by atoms with Gasteiger partial charge in [-0.25, -0.2) is 4.79 Å². The van der Waals surface area contributed by atoms with Crippen molar-refractivity contribution in [3.63, 3.8) is 0 Å². The third kappa shape index (κ3) is 3.98. The smallest absolute Gasteiger partial charge is 0.340 e. The van der Waals surface area contributed by atoms with Gasteiger partial charge in [-0.05, 0) is 55.7 Å². The number of carbonyl (C=O) groups excluding carboxylic acids is 2. The second-order valence-electron chi connectivity index (χ2n) is 7.04. The number of aryl methyl sites for hydroxylation is 1. The Bertz CT molecular complexity index is 809. The van der Waals surface area contributed by atoms with Crippen LogP contribution in [0, 0.1) is 0 Å². The minimum atomic E-state index is -0.846. The van der Waals surface area contributed by atoms with Crippen LogP contribution in [0.15, 0.2) is 29.6 Å².